The van der Waals surface area contributed by atoms with Gasteiger partial charge in [0.25, 0.3) is 0 Å². The highest BCUT2D eigenvalue weighted by atomic mass is 79.9. The number of furan rings is 1. The van der Waals surface area contributed by atoms with E-state index < -0.39 is 0 Å². The van der Waals surface area contributed by atoms with E-state index in [0.29, 0.717) is 12.8 Å². The molecule has 1 N–H and O–H groups in total. The van der Waals surface area contributed by atoms with E-state index in [-0.39, 0.29) is 5.91 Å². The smallest absolute Gasteiger partial charge is 0.224 e. The van der Waals surface area contributed by atoms with Gasteiger partial charge in [-0.2, -0.15) is 0 Å². The number of carbonyl (C=O) groups excluding carboxylic acids is 1. The molecule has 1 aromatic heterocycles. The van der Waals surface area contributed by atoms with Gasteiger partial charge in [-0.15, -0.1) is 0 Å². The summed E-state index contributed by atoms with van der Waals surface area (Å²) in [6, 6.07) is 19.6. The van der Waals surface area contributed by atoms with Crippen LogP contribution < -0.4 is 5.32 Å². The Balaban J connectivity index is 1.57. The van der Waals surface area contributed by atoms with E-state index in [9.17, 15) is 4.79 Å². The van der Waals surface area contributed by atoms with Crippen LogP contribution >= 0.6 is 15.9 Å². The van der Waals surface area contributed by atoms with Gasteiger partial charge >= 0.3 is 0 Å². The number of halogens is 1. The number of anilines is 1. The lowest BCUT2D eigenvalue weighted by Gasteiger charge is -2.04. The van der Waals surface area contributed by atoms with Crippen LogP contribution in [0, 0.1) is 6.92 Å². The van der Waals surface area contributed by atoms with Crippen LogP contribution in [0.1, 0.15) is 17.7 Å². The standard InChI is InChI=1S/C20H18BrNO2/c1-14-5-7-15(8-6-14)19-11-9-18(24-19)10-12-20(23)22-17-4-2-3-16(21)13-17/h2-9,11,13H,10,12H2,1H3,(H,22,23). The van der Waals surface area contributed by atoms with E-state index in [1.54, 1.807) is 0 Å². The molecular formula is C20H18BrNO2. The molecule has 3 nitrogen and oxygen atoms in total. The SMILES string of the molecule is Cc1ccc(-c2ccc(CCC(=O)Nc3cccc(Br)c3)o2)cc1. The van der Waals surface area contributed by atoms with Gasteiger partial charge < -0.3 is 9.73 Å². The van der Waals surface area contributed by atoms with Gasteiger partial charge in [0, 0.05) is 28.6 Å². The van der Waals surface area contributed by atoms with Crippen LogP contribution in [0.4, 0.5) is 5.69 Å². The Hall–Kier alpha value is -2.33. The fraction of sp³-hybridized carbons (Fsp3) is 0.150. The quantitative estimate of drug-likeness (QED) is 0.623. The molecule has 3 rings (SSSR count). The van der Waals surface area contributed by atoms with E-state index in [0.717, 1.165) is 27.2 Å². The van der Waals surface area contributed by atoms with E-state index in [4.69, 9.17) is 4.42 Å². The summed E-state index contributed by atoms with van der Waals surface area (Å²) in [6.45, 7) is 2.06. The first-order chi connectivity index (χ1) is 11.6. The van der Waals surface area contributed by atoms with Crippen molar-refractivity contribution in [3.63, 3.8) is 0 Å². The second-order valence-corrected chi connectivity index (χ2v) is 6.61. The minimum atomic E-state index is -0.0265. The van der Waals surface area contributed by atoms with Crippen molar-refractivity contribution in [2.24, 2.45) is 0 Å². The monoisotopic (exact) mass is 383 g/mol. The average molecular weight is 384 g/mol. The molecule has 0 spiro atoms. The first-order valence-corrected chi connectivity index (χ1v) is 8.60. The van der Waals surface area contributed by atoms with Gasteiger partial charge in [0.05, 0.1) is 0 Å². The topological polar surface area (TPSA) is 42.2 Å². The molecule has 122 valence electrons. The molecule has 0 atom stereocenters. The number of hydrogen-bond donors (Lipinski definition) is 1. The van der Waals surface area contributed by atoms with Crippen molar-refractivity contribution in [1.82, 2.24) is 0 Å². The Bertz CT molecular complexity index is 837. The van der Waals surface area contributed by atoms with Crippen molar-refractivity contribution in [2.45, 2.75) is 19.8 Å². The van der Waals surface area contributed by atoms with Crippen LogP contribution in [-0.2, 0) is 11.2 Å². The van der Waals surface area contributed by atoms with Crippen molar-refractivity contribution >= 4 is 27.5 Å². The molecule has 0 fully saturated rings. The first kappa shape index (κ1) is 16.5. The maximum Gasteiger partial charge on any atom is 0.224 e. The molecular weight excluding hydrogens is 366 g/mol. The van der Waals surface area contributed by atoms with Crippen LogP contribution in [0.5, 0.6) is 0 Å². The Kier molecular flexibility index (Phi) is 5.16. The van der Waals surface area contributed by atoms with Crippen LogP contribution in [-0.4, -0.2) is 5.91 Å². The zero-order valence-electron chi connectivity index (χ0n) is 13.4. The van der Waals surface area contributed by atoms with Crippen LogP contribution in [0.15, 0.2) is 69.6 Å². The largest absolute Gasteiger partial charge is 0.461 e. The molecule has 3 aromatic rings. The second kappa shape index (κ2) is 7.49. The molecule has 0 radical (unpaired) electrons. The Morgan fingerprint density at radius 3 is 2.62 bits per heavy atom. The summed E-state index contributed by atoms with van der Waals surface area (Å²) in [4.78, 5) is 12.0. The fourth-order valence-corrected chi connectivity index (χ4v) is 2.81. The van der Waals surface area contributed by atoms with Crippen molar-refractivity contribution in [3.05, 3.63) is 76.5 Å². The zero-order chi connectivity index (χ0) is 16.9. The molecule has 0 aliphatic carbocycles. The second-order valence-electron chi connectivity index (χ2n) is 5.69. The number of amides is 1. The minimum Gasteiger partial charge on any atom is -0.461 e. The van der Waals surface area contributed by atoms with Gasteiger partial charge in [0.1, 0.15) is 11.5 Å². The maximum atomic E-state index is 12.0. The van der Waals surface area contributed by atoms with Crippen LogP contribution in [0.2, 0.25) is 0 Å². The lowest BCUT2D eigenvalue weighted by Crippen LogP contribution is -2.12. The predicted molar refractivity (Wildman–Crippen MR) is 100.0 cm³/mol. The molecule has 0 aliphatic heterocycles. The third-order valence-electron chi connectivity index (χ3n) is 3.70. The Labute approximate surface area is 149 Å². The lowest BCUT2D eigenvalue weighted by atomic mass is 10.1. The van der Waals surface area contributed by atoms with E-state index in [1.807, 2.05) is 48.5 Å². The van der Waals surface area contributed by atoms with Gasteiger partial charge in [0.2, 0.25) is 5.91 Å². The Morgan fingerprint density at radius 2 is 1.88 bits per heavy atom. The first-order valence-electron chi connectivity index (χ1n) is 7.81. The molecule has 0 bridgehead atoms. The van der Waals surface area contributed by atoms with Crippen LogP contribution in [0.25, 0.3) is 11.3 Å². The van der Waals surface area contributed by atoms with Gasteiger partial charge in [-0.25, -0.2) is 0 Å². The summed E-state index contributed by atoms with van der Waals surface area (Å²) in [7, 11) is 0. The number of nitrogens with one attached hydrogen (secondary N) is 1. The molecule has 0 saturated heterocycles. The average Bonchev–Trinajstić information content (AvgIpc) is 3.03. The summed E-state index contributed by atoms with van der Waals surface area (Å²) in [6.07, 6.45) is 0.957. The normalized spacial score (nSPS) is 10.6. The van der Waals surface area contributed by atoms with E-state index >= 15 is 0 Å². The molecule has 1 heterocycles. The van der Waals surface area contributed by atoms with Crippen molar-refractivity contribution in [2.75, 3.05) is 5.32 Å². The summed E-state index contributed by atoms with van der Waals surface area (Å²) >= 11 is 3.39. The molecule has 4 heteroatoms. The Morgan fingerprint density at radius 1 is 1.08 bits per heavy atom. The minimum absolute atomic E-state index is 0.0265. The summed E-state index contributed by atoms with van der Waals surface area (Å²) in [5, 5.41) is 2.89. The summed E-state index contributed by atoms with van der Waals surface area (Å²) < 4.78 is 6.78. The molecule has 1 amide bonds. The number of carbonyl (C=O) groups is 1. The van der Waals surface area contributed by atoms with E-state index in [1.165, 1.54) is 5.56 Å². The molecule has 0 aliphatic rings. The lowest BCUT2D eigenvalue weighted by molar-refractivity contribution is -0.116. The third-order valence-corrected chi connectivity index (χ3v) is 4.20. The van der Waals surface area contributed by atoms with Gasteiger partial charge in [-0.3, -0.25) is 4.79 Å². The van der Waals surface area contributed by atoms with Crippen molar-refractivity contribution in [1.29, 1.82) is 0 Å². The highest BCUT2D eigenvalue weighted by molar-refractivity contribution is 9.10. The zero-order valence-corrected chi connectivity index (χ0v) is 15.0. The molecule has 0 saturated carbocycles. The third kappa shape index (κ3) is 4.36. The van der Waals surface area contributed by atoms with E-state index in [2.05, 4.69) is 40.3 Å². The fourth-order valence-electron chi connectivity index (χ4n) is 2.41. The number of rotatable bonds is 5. The highest BCUT2D eigenvalue weighted by Crippen LogP contribution is 2.23. The number of hydrogen-bond acceptors (Lipinski definition) is 2. The van der Waals surface area contributed by atoms with Gasteiger partial charge in [-0.1, -0.05) is 51.8 Å². The number of benzene rings is 2. The molecule has 0 unspecified atom stereocenters. The number of aryl methyl sites for hydroxylation is 2. The van der Waals surface area contributed by atoms with Crippen molar-refractivity contribution in [3.8, 4) is 11.3 Å². The summed E-state index contributed by atoms with van der Waals surface area (Å²) in [5.41, 5.74) is 3.05. The predicted octanol–water partition coefficient (Wildman–Crippen LogP) is 5.59. The molecule has 24 heavy (non-hydrogen) atoms. The van der Waals surface area contributed by atoms with Crippen LogP contribution in [0.3, 0.4) is 0 Å². The summed E-state index contributed by atoms with van der Waals surface area (Å²) in [5.74, 6) is 1.62. The van der Waals surface area contributed by atoms with Gasteiger partial charge in [0.15, 0.2) is 0 Å². The molecule has 2 aromatic carbocycles. The van der Waals surface area contributed by atoms with Gasteiger partial charge in [-0.05, 0) is 37.3 Å². The van der Waals surface area contributed by atoms with Crippen molar-refractivity contribution < 1.29 is 9.21 Å². The highest BCUT2D eigenvalue weighted by Gasteiger charge is 2.08. The maximum absolute atomic E-state index is 12.0.